The van der Waals surface area contributed by atoms with Crippen molar-refractivity contribution in [3.05, 3.63) is 0 Å². The van der Waals surface area contributed by atoms with Crippen LogP contribution in [0.4, 0.5) is 9.59 Å². The number of carboxylic acid groups (broad SMARTS) is 1. The highest BCUT2D eigenvalue weighted by molar-refractivity contribution is 5.80. The third kappa shape index (κ3) is 10.8. The van der Waals surface area contributed by atoms with Gasteiger partial charge < -0.3 is 25.2 Å². The van der Waals surface area contributed by atoms with Crippen molar-refractivity contribution in [2.75, 3.05) is 6.54 Å². The number of hydrogen-bond donors (Lipinski definition) is 3. The van der Waals surface area contributed by atoms with E-state index in [0.29, 0.717) is 0 Å². The average molecular weight is 318 g/mol. The minimum atomic E-state index is -1.21. The molecule has 0 bridgehead atoms. The van der Waals surface area contributed by atoms with E-state index in [2.05, 4.69) is 10.6 Å². The summed E-state index contributed by atoms with van der Waals surface area (Å²) in [4.78, 5) is 34.1. The van der Waals surface area contributed by atoms with E-state index in [9.17, 15) is 14.4 Å². The van der Waals surface area contributed by atoms with Crippen molar-refractivity contribution in [1.29, 1.82) is 0 Å². The van der Waals surface area contributed by atoms with Crippen molar-refractivity contribution in [2.45, 2.75) is 65.2 Å². The highest BCUT2D eigenvalue weighted by Crippen LogP contribution is 2.08. The van der Waals surface area contributed by atoms with E-state index in [1.165, 1.54) is 0 Å². The number of aliphatic carboxylic acids is 1. The fourth-order valence-electron chi connectivity index (χ4n) is 1.34. The van der Waals surface area contributed by atoms with Gasteiger partial charge >= 0.3 is 18.2 Å². The van der Waals surface area contributed by atoms with Crippen molar-refractivity contribution in [3.8, 4) is 0 Å². The summed E-state index contributed by atoms with van der Waals surface area (Å²) in [6, 6.07) is -1.16. The maximum Gasteiger partial charge on any atom is 0.408 e. The number of rotatable bonds is 5. The van der Waals surface area contributed by atoms with Crippen LogP contribution in [-0.2, 0) is 14.3 Å². The first-order valence-corrected chi connectivity index (χ1v) is 6.99. The average Bonchev–Trinajstić information content (AvgIpc) is 2.22. The first-order valence-electron chi connectivity index (χ1n) is 6.99. The SMILES string of the molecule is CC(C)(C)OC(=O)NCC[C@@H](NC(=O)OC(C)(C)C)C(=O)O. The Morgan fingerprint density at radius 3 is 1.82 bits per heavy atom. The second-order valence-corrected chi connectivity index (χ2v) is 6.75. The molecule has 0 aromatic rings. The van der Waals surface area contributed by atoms with Gasteiger partial charge in [-0.1, -0.05) is 0 Å². The van der Waals surface area contributed by atoms with Crippen LogP contribution in [0.5, 0.6) is 0 Å². The monoisotopic (exact) mass is 318 g/mol. The van der Waals surface area contributed by atoms with E-state index in [1.54, 1.807) is 41.5 Å². The number of nitrogens with one attached hydrogen (secondary N) is 2. The molecule has 22 heavy (non-hydrogen) atoms. The van der Waals surface area contributed by atoms with Crippen molar-refractivity contribution in [3.63, 3.8) is 0 Å². The summed E-state index contributed by atoms with van der Waals surface area (Å²) in [6.45, 7) is 10.2. The van der Waals surface area contributed by atoms with Crippen LogP contribution in [0, 0.1) is 0 Å². The number of hydrogen-bond acceptors (Lipinski definition) is 5. The zero-order chi connectivity index (χ0) is 17.6. The van der Waals surface area contributed by atoms with Gasteiger partial charge in [-0.25, -0.2) is 14.4 Å². The molecule has 2 amide bonds. The third-order valence-corrected chi connectivity index (χ3v) is 2.09. The van der Waals surface area contributed by atoms with E-state index >= 15 is 0 Å². The normalized spacial score (nSPS) is 13.0. The van der Waals surface area contributed by atoms with Crippen LogP contribution < -0.4 is 10.6 Å². The van der Waals surface area contributed by atoms with E-state index in [1.807, 2.05) is 0 Å². The molecule has 0 rings (SSSR count). The molecule has 0 spiro atoms. The van der Waals surface area contributed by atoms with Crippen LogP contribution >= 0.6 is 0 Å². The third-order valence-electron chi connectivity index (χ3n) is 2.09. The van der Waals surface area contributed by atoms with Crippen molar-refractivity contribution >= 4 is 18.2 Å². The minimum absolute atomic E-state index is 0.00776. The number of amides is 2. The molecular formula is C14H26N2O6. The molecule has 0 saturated carbocycles. The van der Waals surface area contributed by atoms with Gasteiger partial charge in [0.05, 0.1) is 0 Å². The Morgan fingerprint density at radius 2 is 1.41 bits per heavy atom. The molecule has 128 valence electrons. The summed E-state index contributed by atoms with van der Waals surface area (Å²) >= 11 is 0. The number of carbonyl (C=O) groups excluding carboxylic acids is 2. The standard InChI is InChI=1S/C14H26N2O6/c1-13(2,3)21-11(19)15-8-7-9(10(17)18)16-12(20)22-14(4,5)6/h9H,7-8H2,1-6H3,(H,15,19)(H,16,20)(H,17,18)/t9-/m1/s1. The van der Waals surface area contributed by atoms with Gasteiger partial charge in [-0.15, -0.1) is 0 Å². The highest BCUT2D eigenvalue weighted by Gasteiger charge is 2.24. The van der Waals surface area contributed by atoms with E-state index in [0.717, 1.165) is 0 Å². The first kappa shape index (κ1) is 20.0. The molecule has 8 heteroatoms. The largest absolute Gasteiger partial charge is 0.480 e. The number of carboxylic acids is 1. The lowest BCUT2D eigenvalue weighted by Crippen LogP contribution is -2.45. The maximum absolute atomic E-state index is 11.5. The lowest BCUT2D eigenvalue weighted by Gasteiger charge is -2.22. The Balaban J connectivity index is 4.30. The molecule has 1 atom stereocenters. The Bertz CT molecular complexity index is 409. The predicted octanol–water partition coefficient (Wildman–Crippen LogP) is 1.88. The van der Waals surface area contributed by atoms with Crippen molar-refractivity contribution in [2.24, 2.45) is 0 Å². The smallest absolute Gasteiger partial charge is 0.408 e. The van der Waals surface area contributed by atoms with E-state index in [-0.39, 0.29) is 13.0 Å². The summed E-state index contributed by atoms with van der Waals surface area (Å²) in [5.41, 5.74) is -1.35. The molecule has 0 radical (unpaired) electrons. The zero-order valence-corrected chi connectivity index (χ0v) is 14.0. The molecular weight excluding hydrogens is 292 g/mol. The van der Waals surface area contributed by atoms with Crippen LogP contribution in [-0.4, -0.2) is 47.1 Å². The van der Waals surface area contributed by atoms with Crippen LogP contribution in [0.2, 0.25) is 0 Å². The summed E-state index contributed by atoms with van der Waals surface area (Å²) in [7, 11) is 0. The van der Waals surface area contributed by atoms with Crippen LogP contribution in [0.1, 0.15) is 48.0 Å². The van der Waals surface area contributed by atoms with Gasteiger partial charge in [0, 0.05) is 6.54 Å². The number of carbonyl (C=O) groups is 3. The Kier molecular flexibility index (Phi) is 7.15. The van der Waals surface area contributed by atoms with Gasteiger partial charge in [-0.05, 0) is 48.0 Å². The second kappa shape index (κ2) is 7.86. The number of ether oxygens (including phenoxy) is 2. The Hall–Kier alpha value is -1.99. The fourth-order valence-corrected chi connectivity index (χ4v) is 1.34. The van der Waals surface area contributed by atoms with Crippen molar-refractivity contribution < 1.29 is 29.0 Å². The quantitative estimate of drug-likeness (QED) is 0.713. The van der Waals surface area contributed by atoms with Gasteiger partial charge in [0.25, 0.3) is 0 Å². The van der Waals surface area contributed by atoms with Crippen LogP contribution in [0.25, 0.3) is 0 Å². The lowest BCUT2D eigenvalue weighted by atomic mass is 10.2. The molecule has 0 saturated heterocycles. The second-order valence-electron chi connectivity index (χ2n) is 6.75. The Morgan fingerprint density at radius 1 is 0.955 bits per heavy atom. The first-order chi connectivity index (χ1) is 9.80. The van der Waals surface area contributed by atoms with Gasteiger partial charge in [0.1, 0.15) is 17.2 Å². The van der Waals surface area contributed by atoms with Gasteiger partial charge in [0.2, 0.25) is 0 Å². The summed E-state index contributed by atoms with van der Waals surface area (Å²) in [6.07, 6.45) is -1.46. The summed E-state index contributed by atoms with van der Waals surface area (Å²) in [5, 5.41) is 13.7. The molecule has 0 aromatic heterocycles. The molecule has 0 heterocycles. The van der Waals surface area contributed by atoms with Gasteiger partial charge in [-0.2, -0.15) is 0 Å². The van der Waals surface area contributed by atoms with E-state index in [4.69, 9.17) is 14.6 Å². The zero-order valence-electron chi connectivity index (χ0n) is 14.0. The Labute approximate surface area is 130 Å². The topological polar surface area (TPSA) is 114 Å². The highest BCUT2D eigenvalue weighted by atomic mass is 16.6. The molecule has 0 aliphatic heterocycles. The fraction of sp³-hybridized carbons (Fsp3) is 0.786. The van der Waals surface area contributed by atoms with E-state index < -0.39 is 35.4 Å². The number of alkyl carbamates (subject to hydrolysis) is 2. The van der Waals surface area contributed by atoms with Crippen LogP contribution in [0.3, 0.4) is 0 Å². The molecule has 0 aromatic carbocycles. The molecule has 0 aliphatic rings. The van der Waals surface area contributed by atoms with Gasteiger partial charge in [-0.3, -0.25) is 0 Å². The minimum Gasteiger partial charge on any atom is -0.480 e. The molecule has 0 aliphatic carbocycles. The van der Waals surface area contributed by atoms with Gasteiger partial charge in [0.15, 0.2) is 0 Å². The molecule has 3 N–H and O–H groups in total. The van der Waals surface area contributed by atoms with Crippen LogP contribution in [0.15, 0.2) is 0 Å². The lowest BCUT2D eigenvalue weighted by molar-refractivity contribution is -0.139. The predicted molar refractivity (Wildman–Crippen MR) is 79.6 cm³/mol. The molecule has 0 unspecified atom stereocenters. The maximum atomic E-state index is 11.5. The summed E-state index contributed by atoms with van der Waals surface area (Å²) in [5.74, 6) is -1.21. The van der Waals surface area contributed by atoms with Crippen molar-refractivity contribution in [1.82, 2.24) is 10.6 Å². The molecule has 0 fully saturated rings. The summed E-state index contributed by atoms with van der Waals surface area (Å²) < 4.78 is 10.0. The molecule has 8 nitrogen and oxygen atoms in total.